The van der Waals surface area contributed by atoms with E-state index >= 15 is 0 Å². The van der Waals surface area contributed by atoms with E-state index in [1.165, 1.54) is 16.7 Å². The highest BCUT2D eigenvalue weighted by molar-refractivity contribution is 7.99. The third-order valence-electron chi connectivity index (χ3n) is 3.65. The summed E-state index contributed by atoms with van der Waals surface area (Å²) in [7, 11) is 1.59. The van der Waals surface area contributed by atoms with Gasteiger partial charge < -0.3 is 15.2 Å². The molecule has 0 aliphatic heterocycles. The average Bonchev–Trinajstić information content (AvgIpc) is 3.04. The maximum Gasteiger partial charge on any atom is 0.244 e. The van der Waals surface area contributed by atoms with Crippen molar-refractivity contribution < 1.29 is 9.59 Å². The number of anilines is 1. The number of para-hydroxylation sites is 3. The van der Waals surface area contributed by atoms with E-state index in [0.717, 1.165) is 11.0 Å². The number of nitrogens with one attached hydrogen (secondary N) is 2. The topological polar surface area (TPSA) is 78.1 Å². The lowest BCUT2D eigenvalue weighted by molar-refractivity contribution is -0.131. The number of carbonyl (C=O) groups excluding carboxylic acids is 2. The number of hydrogen-bond donors (Lipinski definition) is 2. The van der Waals surface area contributed by atoms with Crippen LogP contribution >= 0.6 is 23.4 Å². The number of H-pyrrole nitrogens is 1. The lowest BCUT2D eigenvalue weighted by Crippen LogP contribution is -2.36. The summed E-state index contributed by atoms with van der Waals surface area (Å²) in [5.41, 5.74) is 2.31. The monoisotopic (exact) mass is 388 g/mol. The lowest BCUT2D eigenvalue weighted by atomic mass is 10.3. The molecule has 3 aromatic rings. The minimum Gasteiger partial charge on any atom is -0.336 e. The quantitative estimate of drug-likeness (QED) is 0.634. The molecule has 0 aliphatic rings. The normalized spacial score (nSPS) is 10.7. The second-order valence-electron chi connectivity index (χ2n) is 5.63. The van der Waals surface area contributed by atoms with Crippen LogP contribution in [-0.2, 0) is 9.59 Å². The van der Waals surface area contributed by atoms with Gasteiger partial charge in [0, 0.05) is 7.05 Å². The Bertz CT molecular complexity index is 911. The number of fused-ring (bicyclic) bond motifs is 1. The van der Waals surface area contributed by atoms with Crippen molar-refractivity contribution in [1.29, 1.82) is 0 Å². The molecule has 2 N–H and O–H groups in total. The van der Waals surface area contributed by atoms with E-state index in [1.807, 2.05) is 24.3 Å². The zero-order chi connectivity index (χ0) is 18.5. The van der Waals surface area contributed by atoms with Gasteiger partial charge in [0.1, 0.15) is 0 Å². The molecule has 1 aromatic heterocycles. The van der Waals surface area contributed by atoms with Gasteiger partial charge in [-0.3, -0.25) is 9.59 Å². The fraction of sp³-hybridized carbons (Fsp3) is 0.167. The zero-order valence-electron chi connectivity index (χ0n) is 14.0. The SMILES string of the molecule is CN(CC(=O)Nc1ccccc1Cl)C(=O)CSc1nc2ccccc2[nH]1. The van der Waals surface area contributed by atoms with Gasteiger partial charge in [-0.05, 0) is 24.3 Å². The summed E-state index contributed by atoms with van der Waals surface area (Å²) in [5, 5.41) is 3.83. The van der Waals surface area contributed by atoms with Gasteiger partial charge >= 0.3 is 0 Å². The fourth-order valence-corrected chi connectivity index (χ4v) is 3.30. The molecule has 0 saturated heterocycles. The number of amides is 2. The number of halogens is 1. The smallest absolute Gasteiger partial charge is 0.244 e. The van der Waals surface area contributed by atoms with E-state index in [2.05, 4.69) is 15.3 Å². The number of rotatable bonds is 6. The highest BCUT2D eigenvalue weighted by atomic mass is 35.5. The van der Waals surface area contributed by atoms with Crippen LogP contribution in [-0.4, -0.2) is 46.0 Å². The largest absolute Gasteiger partial charge is 0.336 e. The van der Waals surface area contributed by atoms with E-state index < -0.39 is 0 Å². The molecule has 8 heteroatoms. The molecule has 1 heterocycles. The van der Waals surface area contributed by atoms with Crippen molar-refractivity contribution in [3.63, 3.8) is 0 Å². The molecule has 3 rings (SSSR count). The molecule has 0 fully saturated rings. The van der Waals surface area contributed by atoms with Gasteiger partial charge in [0.05, 0.1) is 34.0 Å². The second-order valence-corrected chi connectivity index (χ2v) is 7.00. The van der Waals surface area contributed by atoms with Crippen LogP contribution in [0.3, 0.4) is 0 Å². The Balaban J connectivity index is 1.51. The van der Waals surface area contributed by atoms with Crippen molar-refractivity contribution >= 4 is 51.9 Å². The Morgan fingerprint density at radius 1 is 1.19 bits per heavy atom. The first-order chi connectivity index (χ1) is 12.5. The Morgan fingerprint density at radius 2 is 1.92 bits per heavy atom. The Hall–Kier alpha value is -2.51. The maximum atomic E-state index is 12.2. The molecule has 0 radical (unpaired) electrons. The van der Waals surface area contributed by atoms with Crippen LogP contribution in [0.15, 0.2) is 53.7 Å². The number of thioether (sulfide) groups is 1. The third-order valence-corrected chi connectivity index (χ3v) is 4.84. The molecular formula is C18H17ClN4O2S. The fourth-order valence-electron chi connectivity index (χ4n) is 2.29. The zero-order valence-corrected chi connectivity index (χ0v) is 15.6. The molecule has 0 unspecified atom stereocenters. The first-order valence-corrected chi connectivity index (χ1v) is 9.25. The number of hydrogen-bond acceptors (Lipinski definition) is 4. The Kier molecular flexibility index (Phi) is 5.80. The molecule has 2 aromatic carbocycles. The van der Waals surface area contributed by atoms with E-state index in [1.54, 1.807) is 31.3 Å². The van der Waals surface area contributed by atoms with Crippen LogP contribution in [0.2, 0.25) is 5.02 Å². The average molecular weight is 389 g/mol. The van der Waals surface area contributed by atoms with Crippen LogP contribution in [0.5, 0.6) is 0 Å². The number of imidazole rings is 1. The third kappa shape index (κ3) is 4.56. The molecule has 0 aliphatic carbocycles. The summed E-state index contributed by atoms with van der Waals surface area (Å²) < 4.78 is 0. The van der Waals surface area contributed by atoms with Crippen molar-refractivity contribution in [2.45, 2.75) is 5.16 Å². The van der Waals surface area contributed by atoms with Gasteiger partial charge in [-0.15, -0.1) is 0 Å². The van der Waals surface area contributed by atoms with Crippen LogP contribution in [0.1, 0.15) is 0 Å². The molecule has 0 atom stereocenters. The molecule has 26 heavy (non-hydrogen) atoms. The molecule has 0 spiro atoms. The first-order valence-electron chi connectivity index (χ1n) is 7.89. The minimum absolute atomic E-state index is 0.0508. The van der Waals surface area contributed by atoms with Crippen LogP contribution < -0.4 is 5.32 Å². The van der Waals surface area contributed by atoms with E-state index in [4.69, 9.17) is 11.6 Å². The lowest BCUT2D eigenvalue weighted by Gasteiger charge is -2.16. The molecule has 0 bridgehead atoms. The molecule has 0 saturated carbocycles. The summed E-state index contributed by atoms with van der Waals surface area (Å²) in [6.45, 7) is -0.0508. The van der Waals surface area contributed by atoms with Gasteiger partial charge in [-0.1, -0.05) is 47.6 Å². The minimum atomic E-state index is -0.303. The summed E-state index contributed by atoms with van der Waals surface area (Å²) in [5.74, 6) is -0.275. The maximum absolute atomic E-state index is 12.2. The molecule has 6 nitrogen and oxygen atoms in total. The van der Waals surface area contributed by atoms with E-state index in [9.17, 15) is 9.59 Å². The van der Waals surface area contributed by atoms with E-state index in [-0.39, 0.29) is 24.1 Å². The van der Waals surface area contributed by atoms with Crippen molar-refractivity contribution in [2.75, 3.05) is 24.7 Å². The Morgan fingerprint density at radius 3 is 2.69 bits per heavy atom. The van der Waals surface area contributed by atoms with Gasteiger partial charge in [-0.25, -0.2) is 4.98 Å². The Labute approximate surface area is 159 Å². The van der Waals surface area contributed by atoms with Crippen molar-refractivity contribution in [2.24, 2.45) is 0 Å². The first kappa shape index (κ1) is 18.3. The highest BCUT2D eigenvalue weighted by Crippen LogP contribution is 2.21. The molecule has 134 valence electrons. The van der Waals surface area contributed by atoms with Crippen LogP contribution in [0.4, 0.5) is 5.69 Å². The number of likely N-dealkylation sites (N-methyl/N-ethyl adjacent to an activating group) is 1. The van der Waals surface area contributed by atoms with Crippen molar-refractivity contribution in [1.82, 2.24) is 14.9 Å². The van der Waals surface area contributed by atoms with Gasteiger partial charge in [0.25, 0.3) is 0 Å². The highest BCUT2D eigenvalue weighted by Gasteiger charge is 2.15. The summed E-state index contributed by atoms with van der Waals surface area (Å²) in [6.07, 6.45) is 0. The van der Waals surface area contributed by atoms with Crippen LogP contribution in [0, 0.1) is 0 Å². The number of nitrogens with zero attached hydrogens (tertiary/aromatic N) is 2. The predicted molar refractivity (Wildman–Crippen MR) is 105 cm³/mol. The van der Waals surface area contributed by atoms with Crippen LogP contribution in [0.25, 0.3) is 11.0 Å². The summed E-state index contributed by atoms with van der Waals surface area (Å²) >= 11 is 7.31. The number of aromatic amines is 1. The van der Waals surface area contributed by atoms with Gasteiger partial charge in [0.15, 0.2) is 5.16 Å². The molecular weight excluding hydrogens is 372 g/mol. The van der Waals surface area contributed by atoms with Crippen molar-refractivity contribution in [3.05, 3.63) is 53.6 Å². The number of carbonyl (C=O) groups is 2. The summed E-state index contributed by atoms with van der Waals surface area (Å²) in [6, 6.07) is 14.6. The standard InChI is InChI=1S/C18H17ClN4O2S/c1-23(10-16(24)20-13-7-3-2-6-12(13)19)17(25)11-26-18-21-14-8-4-5-9-15(14)22-18/h2-9H,10-11H2,1H3,(H,20,24)(H,21,22). The molecule has 2 amide bonds. The van der Waals surface area contributed by atoms with Crippen molar-refractivity contribution in [3.8, 4) is 0 Å². The van der Waals surface area contributed by atoms with E-state index in [0.29, 0.717) is 15.9 Å². The second kappa shape index (κ2) is 8.25. The summed E-state index contributed by atoms with van der Waals surface area (Å²) in [4.78, 5) is 33.3. The van der Waals surface area contributed by atoms with Gasteiger partial charge in [0.2, 0.25) is 11.8 Å². The number of aromatic nitrogens is 2. The predicted octanol–water partition coefficient (Wildman–Crippen LogP) is 3.41. The number of benzene rings is 2. The van der Waals surface area contributed by atoms with Gasteiger partial charge in [-0.2, -0.15) is 0 Å².